The maximum atomic E-state index is 13.0. The van der Waals surface area contributed by atoms with E-state index in [4.69, 9.17) is 28.6 Å². The number of halogens is 1. The van der Waals surface area contributed by atoms with Crippen molar-refractivity contribution in [2.24, 2.45) is 7.05 Å². The molecule has 2 aromatic heterocycles. The summed E-state index contributed by atoms with van der Waals surface area (Å²) in [6.45, 7) is 1.85. The number of thiocarbonyl (C=S) groups is 1. The second-order valence-corrected chi connectivity index (χ2v) is 8.80. The summed E-state index contributed by atoms with van der Waals surface area (Å²) in [4.78, 5) is 25.3. The lowest BCUT2D eigenvalue weighted by Gasteiger charge is -2.09. The van der Waals surface area contributed by atoms with Gasteiger partial charge in [-0.15, -0.1) is 11.3 Å². The number of rotatable bonds is 4. The third kappa shape index (κ3) is 3.90. The van der Waals surface area contributed by atoms with Gasteiger partial charge in [-0.25, -0.2) is 9.48 Å². The number of fused-ring (bicyclic) bond motifs is 1. The second-order valence-electron chi connectivity index (χ2n) is 6.96. The summed E-state index contributed by atoms with van der Waals surface area (Å²) in [6.07, 6.45) is 0. The van der Waals surface area contributed by atoms with Gasteiger partial charge < -0.3 is 15.4 Å². The zero-order valence-electron chi connectivity index (χ0n) is 17.4. The van der Waals surface area contributed by atoms with Gasteiger partial charge >= 0.3 is 5.97 Å². The van der Waals surface area contributed by atoms with E-state index in [1.807, 2.05) is 56.4 Å². The van der Waals surface area contributed by atoms with E-state index in [1.54, 1.807) is 15.4 Å². The molecule has 0 aliphatic rings. The predicted octanol–water partition coefficient (Wildman–Crippen LogP) is 4.95. The first-order valence-electron chi connectivity index (χ1n) is 9.54. The Kier molecular flexibility index (Phi) is 6.05. The fourth-order valence-corrected chi connectivity index (χ4v) is 5.04. The summed E-state index contributed by atoms with van der Waals surface area (Å²) in [6, 6.07) is 14.8. The zero-order valence-corrected chi connectivity index (χ0v) is 19.8. The lowest BCUT2D eigenvalue weighted by molar-refractivity contribution is 0.0606. The van der Waals surface area contributed by atoms with Crippen LogP contribution in [0.1, 0.15) is 15.4 Å². The molecule has 2 heterocycles. The molecule has 2 aromatic carbocycles. The van der Waals surface area contributed by atoms with E-state index < -0.39 is 5.97 Å². The van der Waals surface area contributed by atoms with Crippen LogP contribution in [-0.2, 0) is 11.8 Å². The number of hydrogen-bond acceptors (Lipinski definition) is 5. The highest BCUT2D eigenvalue weighted by atomic mass is 35.5. The quantitative estimate of drug-likeness (QED) is 0.314. The van der Waals surface area contributed by atoms with Crippen LogP contribution in [0.25, 0.3) is 15.8 Å². The molecule has 0 amide bonds. The summed E-state index contributed by atoms with van der Waals surface area (Å²) in [5, 5.41) is 7.50. The van der Waals surface area contributed by atoms with Crippen molar-refractivity contribution in [2.75, 3.05) is 17.7 Å². The number of aromatic nitrogens is 2. The minimum atomic E-state index is -0.475. The molecular weight excluding hydrogens is 468 g/mol. The molecule has 10 heteroatoms. The normalized spacial score (nSPS) is 10.9. The number of nitrogens with zero attached hydrogens (tertiary/aromatic N) is 2. The molecule has 4 rings (SSSR count). The molecular formula is C22H19ClN4O3S2. The van der Waals surface area contributed by atoms with Crippen LogP contribution in [-0.4, -0.2) is 27.6 Å². The first-order chi connectivity index (χ1) is 15.3. The van der Waals surface area contributed by atoms with E-state index in [-0.39, 0.29) is 10.7 Å². The van der Waals surface area contributed by atoms with Gasteiger partial charge in [0.2, 0.25) is 0 Å². The highest BCUT2D eigenvalue weighted by Crippen LogP contribution is 2.37. The minimum absolute atomic E-state index is 0.205. The van der Waals surface area contributed by atoms with Crippen molar-refractivity contribution < 1.29 is 9.53 Å². The molecule has 32 heavy (non-hydrogen) atoms. The summed E-state index contributed by atoms with van der Waals surface area (Å²) in [5.74, 6) is -0.475. The number of carbonyl (C=O) groups is 1. The Morgan fingerprint density at radius 3 is 2.56 bits per heavy atom. The highest BCUT2D eigenvalue weighted by Gasteiger charge is 2.19. The smallest absolute Gasteiger partial charge is 0.349 e. The van der Waals surface area contributed by atoms with Crippen LogP contribution in [0.3, 0.4) is 0 Å². The van der Waals surface area contributed by atoms with Crippen LogP contribution in [0, 0.1) is 6.92 Å². The number of nitrogens with one attached hydrogen (secondary N) is 2. The molecule has 0 unspecified atom stereocenters. The molecule has 7 nitrogen and oxygen atoms in total. The molecule has 0 saturated heterocycles. The van der Waals surface area contributed by atoms with Crippen LogP contribution in [0.4, 0.5) is 11.4 Å². The Balaban J connectivity index is 1.59. The van der Waals surface area contributed by atoms with E-state index in [0.717, 1.165) is 21.5 Å². The average Bonchev–Trinajstić information content (AvgIpc) is 3.22. The topological polar surface area (TPSA) is 77.3 Å². The highest BCUT2D eigenvalue weighted by molar-refractivity contribution is 7.80. The third-order valence-electron chi connectivity index (χ3n) is 5.05. The van der Waals surface area contributed by atoms with Crippen LogP contribution < -0.4 is 16.2 Å². The largest absolute Gasteiger partial charge is 0.465 e. The third-order valence-corrected chi connectivity index (χ3v) is 6.89. The number of para-hydroxylation sites is 1. The monoisotopic (exact) mass is 486 g/mol. The van der Waals surface area contributed by atoms with Crippen LogP contribution in [0.15, 0.2) is 53.3 Å². The minimum Gasteiger partial charge on any atom is -0.465 e. The van der Waals surface area contributed by atoms with Gasteiger partial charge in [0.25, 0.3) is 5.56 Å². The number of carbonyl (C=O) groups excluding carboxylic acids is 1. The zero-order chi connectivity index (χ0) is 23.0. The molecule has 0 aliphatic carbocycles. The Bertz CT molecular complexity index is 1410. The van der Waals surface area contributed by atoms with E-state index in [1.165, 1.54) is 18.4 Å². The van der Waals surface area contributed by atoms with Gasteiger partial charge in [-0.05, 0) is 49.5 Å². The number of thiophene rings is 1. The van der Waals surface area contributed by atoms with Gasteiger partial charge in [0, 0.05) is 22.8 Å². The molecule has 0 fully saturated rings. The van der Waals surface area contributed by atoms with Crippen molar-refractivity contribution in [3.63, 3.8) is 0 Å². The maximum absolute atomic E-state index is 13.0. The molecule has 0 saturated carbocycles. The number of hydrogen-bond donors (Lipinski definition) is 2. The summed E-state index contributed by atoms with van der Waals surface area (Å²) < 4.78 is 8.94. The van der Waals surface area contributed by atoms with Gasteiger partial charge in [-0.3, -0.25) is 9.48 Å². The lowest BCUT2D eigenvalue weighted by Crippen LogP contribution is -2.25. The number of esters is 1. The van der Waals surface area contributed by atoms with Crippen molar-refractivity contribution >= 4 is 67.7 Å². The molecule has 0 atom stereocenters. The number of ether oxygens (including phenoxy) is 1. The summed E-state index contributed by atoms with van der Waals surface area (Å²) >= 11 is 13.0. The van der Waals surface area contributed by atoms with Crippen molar-refractivity contribution in [1.82, 2.24) is 9.36 Å². The van der Waals surface area contributed by atoms with E-state index in [2.05, 4.69) is 10.6 Å². The van der Waals surface area contributed by atoms with E-state index in [9.17, 15) is 9.59 Å². The Morgan fingerprint density at radius 1 is 1.16 bits per heavy atom. The first kappa shape index (κ1) is 22.1. The van der Waals surface area contributed by atoms with Gasteiger partial charge in [0.15, 0.2) is 5.11 Å². The van der Waals surface area contributed by atoms with Gasteiger partial charge in [0.05, 0.1) is 23.5 Å². The van der Waals surface area contributed by atoms with Crippen molar-refractivity contribution in [2.45, 2.75) is 6.92 Å². The summed E-state index contributed by atoms with van der Waals surface area (Å²) in [5.41, 5.74) is 2.38. The Hall–Kier alpha value is -3.14. The van der Waals surface area contributed by atoms with Gasteiger partial charge in [0.1, 0.15) is 10.6 Å². The molecule has 4 aromatic rings. The second kappa shape index (κ2) is 8.78. The SMILES string of the molecule is COC(=O)c1sc2cc(NC(=S)Nc3c(C)n(C)n(-c4ccccc4)c3=O)ccc2c1Cl. The molecule has 0 bridgehead atoms. The fourth-order valence-electron chi connectivity index (χ4n) is 3.36. The van der Waals surface area contributed by atoms with Crippen molar-refractivity contribution in [1.29, 1.82) is 0 Å². The van der Waals surface area contributed by atoms with E-state index in [0.29, 0.717) is 21.3 Å². The number of methoxy groups -OCH3 is 1. The molecule has 2 N–H and O–H groups in total. The predicted molar refractivity (Wildman–Crippen MR) is 134 cm³/mol. The summed E-state index contributed by atoms with van der Waals surface area (Å²) in [7, 11) is 3.14. The lowest BCUT2D eigenvalue weighted by atomic mass is 10.2. The average molecular weight is 487 g/mol. The Labute approximate surface area is 198 Å². The standard InChI is InChI=1S/C22H19ClN4O3S2/c1-12-18(20(28)27(26(12)2)14-7-5-4-6-8-14)25-22(31)24-13-9-10-15-16(11-13)32-19(17(15)23)21(29)30-3/h4-11H,1-3H3,(H2,24,25,31). The van der Waals surface area contributed by atoms with Crippen LogP contribution >= 0.6 is 35.2 Å². The fraction of sp³-hybridized carbons (Fsp3) is 0.136. The number of benzene rings is 2. The first-order valence-corrected chi connectivity index (χ1v) is 11.1. The molecule has 0 radical (unpaired) electrons. The molecule has 0 spiro atoms. The van der Waals surface area contributed by atoms with Crippen molar-refractivity contribution in [3.8, 4) is 5.69 Å². The molecule has 0 aliphatic heterocycles. The number of anilines is 2. The maximum Gasteiger partial charge on any atom is 0.349 e. The van der Waals surface area contributed by atoms with Crippen LogP contribution in [0.2, 0.25) is 5.02 Å². The van der Waals surface area contributed by atoms with Crippen molar-refractivity contribution in [3.05, 3.63) is 74.5 Å². The van der Waals surface area contributed by atoms with E-state index >= 15 is 0 Å². The van der Waals surface area contributed by atoms with Gasteiger partial charge in [-0.2, -0.15) is 0 Å². The molecule has 164 valence electrons. The van der Waals surface area contributed by atoms with Crippen LogP contribution in [0.5, 0.6) is 0 Å². The Morgan fingerprint density at radius 2 is 1.88 bits per heavy atom. The van der Waals surface area contributed by atoms with Gasteiger partial charge in [-0.1, -0.05) is 29.8 Å².